The van der Waals surface area contributed by atoms with Crippen LogP contribution in [0.4, 0.5) is 10.6 Å². The SMILES string of the molecule is COCCN1C(=O)N(CC(=O)Nc2ccncn2)C[C@]12CC[C@@](c1ccccc1)(N(C)C)CC2. The lowest BCUT2D eigenvalue weighted by Crippen LogP contribution is -2.56. The Morgan fingerprint density at radius 3 is 2.50 bits per heavy atom. The summed E-state index contributed by atoms with van der Waals surface area (Å²) < 4.78 is 5.32. The Kier molecular flexibility index (Phi) is 7.13. The minimum Gasteiger partial charge on any atom is -0.383 e. The third-order valence-corrected chi connectivity index (χ3v) is 7.44. The molecule has 0 unspecified atom stereocenters. The number of methoxy groups -OCH3 is 1. The van der Waals surface area contributed by atoms with E-state index in [1.165, 1.54) is 11.9 Å². The summed E-state index contributed by atoms with van der Waals surface area (Å²) >= 11 is 0. The van der Waals surface area contributed by atoms with Gasteiger partial charge in [0.2, 0.25) is 5.91 Å². The lowest BCUT2D eigenvalue weighted by Gasteiger charge is -2.51. The molecule has 1 aliphatic heterocycles. The van der Waals surface area contributed by atoms with Crippen molar-refractivity contribution in [1.82, 2.24) is 24.7 Å². The molecule has 1 aliphatic carbocycles. The number of aromatic nitrogens is 2. The molecule has 2 heterocycles. The summed E-state index contributed by atoms with van der Waals surface area (Å²) in [7, 11) is 5.92. The molecule has 0 bridgehead atoms. The normalized spacial score (nSPS) is 24.8. The molecule has 9 heteroatoms. The maximum absolute atomic E-state index is 13.4. The number of hydrogen-bond donors (Lipinski definition) is 1. The zero-order chi connectivity index (χ0) is 24.2. The second kappa shape index (κ2) is 10.1. The van der Waals surface area contributed by atoms with E-state index in [0.29, 0.717) is 25.5 Å². The molecule has 1 saturated carbocycles. The molecular weight excluding hydrogens is 432 g/mol. The van der Waals surface area contributed by atoms with Gasteiger partial charge in [-0.2, -0.15) is 0 Å². The summed E-state index contributed by atoms with van der Waals surface area (Å²) in [5.74, 6) is 0.160. The number of nitrogens with zero attached hydrogens (tertiary/aromatic N) is 5. The first-order chi connectivity index (χ1) is 16.4. The van der Waals surface area contributed by atoms with Crippen molar-refractivity contribution >= 4 is 17.8 Å². The molecule has 2 aromatic rings. The van der Waals surface area contributed by atoms with E-state index in [9.17, 15) is 9.59 Å². The molecule has 1 aromatic carbocycles. The monoisotopic (exact) mass is 466 g/mol. The first-order valence-corrected chi connectivity index (χ1v) is 11.7. The Hall–Kier alpha value is -3.04. The van der Waals surface area contributed by atoms with Crippen LogP contribution < -0.4 is 5.32 Å². The average Bonchev–Trinajstić information content (AvgIpc) is 3.09. The van der Waals surface area contributed by atoms with Gasteiger partial charge in [0.05, 0.1) is 12.1 Å². The third kappa shape index (κ3) is 4.63. The van der Waals surface area contributed by atoms with Crippen molar-refractivity contribution in [2.75, 3.05) is 52.8 Å². The Bertz CT molecular complexity index is 977. The van der Waals surface area contributed by atoms with Gasteiger partial charge in [0, 0.05) is 31.9 Å². The molecule has 1 N–H and O–H groups in total. The van der Waals surface area contributed by atoms with Gasteiger partial charge in [-0.3, -0.25) is 9.69 Å². The van der Waals surface area contributed by atoms with Crippen LogP contribution in [0.2, 0.25) is 0 Å². The highest BCUT2D eigenvalue weighted by Gasteiger charge is 2.54. The van der Waals surface area contributed by atoms with E-state index in [-0.39, 0.29) is 29.6 Å². The van der Waals surface area contributed by atoms with Crippen molar-refractivity contribution < 1.29 is 14.3 Å². The molecular formula is C25H34N6O3. The first-order valence-electron chi connectivity index (χ1n) is 11.7. The summed E-state index contributed by atoms with van der Waals surface area (Å²) in [6.45, 7) is 1.50. The van der Waals surface area contributed by atoms with E-state index < -0.39 is 0 Å². The van der Waals surface area contributed by atoms with Crippen LogP contribution in [0.15, 0.2) is 48.9 Å². The van der Waals surface area contributed by atoms with Gasteiger partial charge < -0.3 is 19.9 Å². The first kappa shape index (κ1) is 24.1. The van der Waals surface area contributed by atoms with E-state index >= 15 is 0 Å². The molecule has 4 rings (SSSR count). The highest BCUT2D eigenvalue weighted by molar-refractivity contribution is 5.94. The van der Waals surface area contributed by atoms with Crippen molar-refractivity contribution in [3.63, 3.8) is 0 Å². The van der Waals surface area contributed by atoms with Crippen LogP contribution in [0.1, 0.15) is 31.2 Å². The minimum absolute atomic E-state index is 0.00836. The van der Waals surface area contributed by atoms with Crippen LogP contribution in [-0.2, 0) is 15.1 Å². The highest BCUT2D eigenvalue weighted by atomic mass is 16.5. The Balaban J connectivity index is 1.51. The molecule has 1 aromatic heterocycles. The summed E-state index contributed by atoms with van der Waals surface area (Å²) in [5.41, 5.74) is 0.933. The van der Waals surface area contributed by atoms with Crippen molar-refractivity contribution in [3.8, 4) is 0 Å². The predicted molar refractivity (Wildman–Crippen MR) is 129 cm³/mol. The van der Waals surface area contributed by atoms with Crippen LogP contribution in [-0.4, -0.2) is 89.6 Å². The molecule has 182 valence electrons. The van der Waals surface area contributed by atoms with Crippen molar-refractivity contribution in [2.24, 2.45) is 0 Å². The second-order valence-electron chi connectivity index (χ2n) is 9.44. The predicted octanol–water partition coefficient (Wildman–Crippen LogP) is 2.57. The lowest BCUT2D eigenvalue weighted by atomic mass is 9.68. The molecule has 9 nitrogen and oxygen atoms in total. The summed E-state index contributed by atoms with van der Waals surface area (Å²) in [6, 6.07) is 12.1. The smallest absolute Gasteiger partial charge is 0.321 e. The fraction of sp³-hybridized carbons (Fsp3) is 0.520. The van der Waals surface area contributed by atoms with Crippen molar-refractivity contribution in [2.45, 2.75) is 36.8 Å². The van der Waals surface area contributed by atoms with Crippen molar-refractivity contribution in [3.05, 3.63) is 54.5 Å². The maximum Gasteiger partial charge on any atom is 0.321 e. The van der Waals surface area contributed by atoms with Crippen LogP contribution in [0.3, 0.4) is 0 Å². The van der Waals surface area contributed by atoms with Crippen molar-refractivity contribution in [1.29, 1.82) is 0 Å². The number of rotatable bonds is 8. The number of benzene rings is 1. The van der Waals surface area contributed by atoms with Gasteiger partial charge in [-0.25, -0.2) is 14.8 Å². The van der Waals surface area contributed by atoms with E-state index in [4.69, 9.17) is 4.74 Å². The van der Waals surface area contributed by atoms with Gasteiger partial charge in [-0.15, -0.1) is 0 Å². The van der Waals surface area contributed by atoms with Crippen LogP contribution in [0.25, 0.3) is 0 Å². The van der Waals surface area contributed by atoms with Crippen LogP contribution >= 0.6 is 0 Å². The van der Waals surface area contributed by atoms with E-state index in [2.05, 4.69) is 58.5 Å². The Morgan fingerprint density at radius 2 is 1.88 bits per heavy atom. The van der Waals surface area contributed by atoms with E-state index in [0.717, 1.165) is 25.7 Å². The van der Waals surface area contributed by atoms with Crippen LogP contribution in [0.5, 0.6) is 0 Å². The fourth-order valence-electron chi connectivity index (χ4n) is 5.54. The number of amides is 3. The summed E-state index contributed by atoms with van der Waals surface area (Å²) in [6.07, 6.45) is 6.53. The third-order valence-electron chi connectivity index (χ3n) is 7.44. The zero-order valence-electron chi connectivity index (χ0n) is 20.2. The van der Waals surface area contributed by atoms with Gasteiger partial charge >= 0.3 is 6.03 Å². The minimum atomic E-state index is -0.306. The number of hydrogen-bond acceptors (Lipinski definition) is 6. The van der Waals surface area contributed by atoms with Gasteiger partial charge in [0.15, 0.2) is 0 Å². The molecule has 2 aliphatic rings. The number of ether oxygens (including phenoxy) is 1. The van der Waals surface area contributed by atoms with E-state index in [1.807, 2.05) is 11.0 Å². The number of carbonyl (C=O) groups excluding carboxylic acids is 2. The van der Waals surface area contributed by atoms with Gasteiger partial charge in [0.25, 0.3) is 0 Å². The lowest BCUT2D eigenvalue weighted by molar-refractivity contribution is -0.116. The molecule has 34 heavy (non-hydrogen) atoms. The number of urea groups is 1. The average molecular weight is 467 g/mol. The Labute approximate surface area is 201 Å². The molecule has 3 amide bonds. The number of anilines is 1. The largest absolute Gasteiger partial charge is 0.383 e. The molecule has 0 atom stereocenters. The molecule has 2 fully saturated rings. The second-order valence-corrected chi connectivity index (χ2v) is 9.44. The molecule has 1 spiro atoms. The summed E-state index contributed by atoms with van der Waals surface area (Å²) in [4.78, 5) is 39.9. The maximum atomic E-state index is 13.4. The highest BCUT2D eigenvalue weighted by Crippen LogP contribution is 2.48. The van der Waals surface area contributed by atoms with Crippen LogP contribution in [0, 0.1) is 0 Å². The Morgan fingerprint density at radius 1 is 1.15 bits per heavy atom. The number of carbonyl (C=O) groups is 2. The summed E-state index contributed by atoms with van der Waals surface area (Å²) in [5, 5.41) is 2.75. The topological polar surface area (TPSA) is 90.9 Å². The van der Waals surface area contributed by atoms with E-state index in [1.54, 1.807) is 24.3 Å². The van der Waals surface area contributed by atoms with Gasteiger partial charge in [-0.05, 0) is 51.4 Å². The quantitative estimate of drug-likeness (QED) is 0.643. The molecule has 1 saturated heterocycles. The van der Waals surface area contributed by atoms with Gasteiger partial charge in [0.1, 0.15) is 18.7 Å². The fourth-order valence-corrected chi connectivity index (χ4v) is 5.54. The zero-order valence-corrected chi connectivity index (χ0v) is 20.2. The number of nitrogens with one attached hydrogen (secondary N) is 1. The molecule has 0 radical (unpaired) electrons. The van der Waals surface area contributed by atoms with Gasteiger partial charge in [-0.1, -0.05) is 30.3 Å². The standard InChI is InChI=1S/C25H34N6O3/c1-29(2)25(20-7-5-4-6-8-20)12-10-24(11-13-25)18-30(23(33)31(24)15-16-34-3)17-22(32)28-21-9-14-26-19-27-21/h4-9,14,19H,10-13,15-18H2,1-3H3,(H,26,27,28,32)/t24-,25-.